The van der Waals surface area contributed by atoms with Gasteiger partial charge in [0.2, 0.25) is 11.8 Å². The van der Waals surface area contributed by atoms with Gasteiger partial charge in [0.1, 0.15) is 12.6 Å². The third-order valence-corrected chi connectivity index (χ3v) is 8.64. The van der Waals surface area contributed by atoms with Crippen molar-refractivity contribution in [3.05, 3.63) is 94.5 Å². The summed E-state index contributed by atoms with van der Waals surface area (Å²) in [7, 11) is -4.07. The molecule has 0 radical (unpaired) electrons. The molecule has 0 bridgehead atoms. The fraction of sp³-hybridized carbons (Fsp3) is 0.310. The van der Waals surface area contributed by atoms with Crippen LogP contribution in [0.1, 0.15) is 37.8 Å². The van der Waals surface area contributed by atoms with Gasteiger partial charge in [-0.1, -0.05) is 71.7 Å². The minimum Gasteiger partial charge on any atom is -0.354 e. The van der Waals surface area contributed by atoms with Crippen molar-refractivity contribution in [1.82, 2.24) is 10.2 Å². The topological polar surface area (TPSA) is 86.8 Å². The van der Waals surface area contributed by atoms with Gasteiger partial charge in [0.05, 0.1) is 10.6 Å². The van der Waals surface area contributed by atoms with Crippen molar-refractivity contribution in [3.8, 4) is 0 Å². The Morgan fingerprint density at radius 1 is 0.947 bits per heavy atom. The lowest BCUT2D eigenvalue weighted by Gasteiger charge is -2.32. The molecule has 202 valence electrons. The quantitative estimate of drug-likeness (QED) is 0.287. The van der Waals surface area contributed by atoms with E-state index in [2.05, 4.69) is 21.2 Å². The average Bonchev–Trinajstić information content (AvgIpc) is 2.92. The van der Waals surface area contributed by atoms with Crippen LogP contribution in [-0.2, 0) is 26.2 Å². The van der Waals surface area contributed by atoms with Gasteiger partial charge in [-0.15, -0.1) is 0 Å². The zero-order chi connectivity index (χ0) is 27.7. The van der Waals surface area contributed by atoms with E-state index in [1.807, 2.05) is 38.1 Å². The molecule has 0 fully saturated rings. The van der Waals surface area contributed by atoms with Crippen molar-refractivity contribution in [2.45, 2.75) is 51.1 Å². The highest BCUT2D eigenvalue weighted by atomic mass is 79.9. The van der Waals surface area contributed by atoms with Crippen LogP contribution in [0.4, 0.5) is 5.69 Å². The molecule has 0 saturated carbocycles. The van der Waals surface area contributed by atoms with Gasteiger partial charge in [-0.3, -0.25) is 13.9 Å². The first-order chi connectivity index (χ1) is 18.1. The van der Waals surface area contributed by atoms with Crippen LogP contribution in [0.3, 0.4) is 0 Å². The maximum Gasteiger partial charge on any atom is 0.264 e. The Labute approximate surface area is 234 Å². The summed E-state index contributed by atoms with van der Waals surface area (Å²) in [4.78, 5) is 28.4. The molecule has 0 unspecified atom stereocenters. The molecule has 1 atom stereocenters. The van der Waals surface area contributed by atoms with E-state index >= 15 is 0 Å². The Kier molecular flexibility index (Phi) is 10.5. The monoisotopic (exact) mass is 599 g/mol. The summed E-state index contributed by atoms with van der Waals surface area (Å²) < 4.78 is 29.3. The number of carbonyl (C=O) groups excluding carboxylic acids is 2. The molecule has 0 spiro atoms. The third kappa shape index (κ3) is 7.45. The number of hydrogen-bond donors (Lipinski definition) is 1. The van der Waals surface area contributed by atoms with Crippen molar-refractivity contribution in [3.63, 3.8) is 0 Å². The van der Waals surface area contributed by atoms with Crippen molar-refractivity contribution in [2.24, 2.45) is 0 Å². The number of nitrogens with zero attached hydrogens (tertiary/aromatic N) is 2. The molecule has 0 aromatic heterocycles. The molecule has 38 heavy (non-hydrogen) atoms. The predicted molar refractivity (Wildman–Crippen MR) is 154 cm³/mol. The molecule has 0 heterocycles. The van der Waals surface area contributed by atoms with Gasteiger partial charge < -0.3 is 10.2 Å². The van der Waals surface area contributed by atoms with Gasteiger partial charge in [0, 0.05) is 17.6 Å². The van der Waals surface area contributed by atoms with Gasteiger partial charge >= 0.3 is 0 Å². The summed E-state index contributed by atoms with van der Waals surface area (Å²) in [5.74, 6) is -0.754. The molecule has 3 rings (SSSR count). The fourth-order valence-electron chi connectivity index (χ4n) is 3.95. The van der Waals surface area contributed by atoms with Crippen LogP contribution < -0.4 is 9.62 Å². The largest absolute Gasteiger partial charge is 0.354 e. The SMILES string of the molecule is CCCCNC(=O)[C@@H](C)N(Cc1ccccc1C)C(=O)CN(c1ccc(Br)cc1)S(=O)(=O)c1ccccc1. The molecule has 2 amide bonds. The summed E-state index contributed by atoms with van der Waals surface area (Å²) in [6.45, 7) is 5.88. The number of rotatable bonds is 12. The van der Waals surface area contributed by atoms with Gasteiger partial charge in [-0.2, -0.15) is 0 Å². The van der Waals surface area contributed by atoms with Gasteiger partial charge in [0.25, 0.3) is 10.0 Å². The van der Waals surface area contributed by atoms with Crippen LogP contribution in [0.15, 0.2) is 88.2 Å². The molecule has 0 aliphatic heterocycles. The van der Waals surface area contributed by atoms with E-state index in [9.17, 15) is 18.0 Å². The van der Waals surface area contributed by atoms with E-state index in [0.717, 1.165) is 32.7 Å². The third-order valence-electron chi connectivity index (χ3n) is 6.32. The van der Waals surface area contributed by atoms with Crippen LogP contribution in [0.2, 0.25) is 0 Å². The van der Waals surface area contributed by atoms with Crippen molar-refractivity contribution >= 4 is 43.5 Å². The Hall–Kier alpha value is -3.17. The summed E-state index contributed by atoms with van der Waals surface area (Å²) in [5.41, 5.74) is 2.21. The van der Waals surface area contributed by atoms with Crippen LogP contribution in [0.5, 0.6) is 0 Å². The summed E-state index contributed by atoms with van der Waals surface area (Å²) in [6.07, 6.45) is 1.76. The van der Waals surface area contributed by atoms with E-state index in [4.69, 9.17) is 0 Å². The molecule has 3 aromatic rings. The highest BCUT2D eigenvalue weighted by Gasteiger charge is 2.32. The van der Waals surface area contributed by atoms with Crippen LogP contribution in [0, 0.1) is 6.92 Å². The molecule has 0 aliphatic rings. The summed E-state index contributed by atoms with van der Waals surface area (Å²) >= 11 is 3.38. The smallest absolute Gasteiger partial charge is 0.264 e. The molecule has 3 aromatic carbocycles. The van der Waals surface area contributed by atoms with E-state index < -0.39 is 28.5 Å². The first-order valence-electron chi connectivity index (χ1n) is 12.6. The zero-order valence-electron chi connectivity index (χ0n) is 21.9. The van der Waals surface area contributed by atoms with Crippen LogP contribution in [0.25, 0.3) is 0 Å². The number of nitrogens with one attached hydrogen (secondary N) is 1. The van der Waals surface area contributed by atoms with Crippen molar-refractivity contribution in [1.29, 1.82) is 0 Å². The highest BCUT2D eigenvalue weighted by molar-refractivity contribution is 9.10. The number of carbonyl (C=O) groups is 2. The number of unbranched alkanes of at least 4 members (excludes halogenated alkanes) is 1. The maximum atomic E-state index is 13.9. The van der Waals surface area contributed by atoms with Crippen LogP contribution in [-0.4, -0.2) is 44.3 Å². The lowest BCUT2D eigenvalue weighted by Crippen LogP contribution is -2.51. The second kappa shape index (κ2) is 13.6. The van der Waals surface area contributed by atoms with E-state index in [1.54, 1.807) is 49.4 Å². The van der Waals surface area contributed by atoms with Crippen LogP contribution >= 0.6 is 15.9 Å². The Morgan fingerprint density at radius 3 is 2.21 bits per heavy atom. The lowest BCUT2D eigenvalue weighted by molar-refractivity contribution is -0.139. The zero-order valence-corrected chi connectivity index (χ0v) is 24.3. The first-order valence-corrected chi connectivity index (χ1v) is 14.8. The molecular weight excluding hydrogens is 566 g/mol. The number of hydrogen-bond acceptors (Lipinski definition) is 4. The molecule has 7 nitrogen and oxygen atoms in total. The molecule has 1 N–H and O–H groups in total. The highest BCUT2D eigenvalue weighted by Crippen LogP contribution is 2.26. The van der Waals surface area contributed by atoms with E-state index in [0.29, 0.717) is 12.2 Å². The second-order valence-corrected chi connectivity index (χ2v) is 11.8. The number of aryl methyl sites for hydroxylation is 1. The van der Waals surface area contributed by atoms with Gasteiger partial charge in [0.15, 0.2) is 0 Å². The Bertz CT molecular complexity index is 1330. The van der Waals surface area contributed by atoms with E-state index in [-0.39, 0.29) is 17.3 Å². The number of anilines is 1. The minimum atomic E-state index is -4.07. The number of benzene rings is 3. The van der Waals surface area contributed by atoms with E-state index in [1.165, 1.54) is 17.0 Å². The first kappa shape index (κ1) is 29.4. The van der Waals surface area contributed by atoms with Gasteiger partial charge in [-0.25, -0.2) is 8.42 Å². The van der Waals surface area contributed by atoms with Crippen molar-refractivity contribution < 1.29 is 18.0 Å². The standard InChI is InChI=1S/C29H34BrN3O4S/c1-4-5-19-31-29(35)23(3)32(20-24-12-10-9-11-22(24)2)28(34)21-33(26-17-15-25(30)16-18-26)38(36,37)27-13-7-6-8-14-27/h6-18,23H,4-5,19-21H2,1-3H3,(H,31,35)/t23-/m1/s1. The second-order valence-electron chi connectivity index (χ2n) is 9.07. The minimum absolute atomic E-state index is 0.0755. The normalized spacial score (nSPS) is 12.0. The van der Waals surface area contributed by atoms with Crippen molar-refractivity contribution in [2.75, 3.05) is 17.4 Å². The number of halogens is 1. The molecule has 0 aliphatic carbocycles. The average molecular weight is 601 g/mol. The maximum absolute atomic E-state index is 13.9. The van der Waals surface area contributed by atoms with Gasteiger partial charge in [-0.05, 0) is 67.8 Å². The molecule has 9 heteroatoms. The summed E-state index contributed by atoms with van der Waals surface area (Å²) in [5, 5.41) is 2.90. The lowest BCUT2D eigenvalue weighted by atomic mass is 10.1. The Balaban J connectivity index is 1.99. The number of sulfonamides is 1. The Morgan fingerprint density at radius 2 is 1.58 bits per heavy atom. The number of amides is 2. The molecule has 0 saturated heterocycles. The fourth-order valence-corrected chi connectivity index (χ4v) is 5.65. The molecular formula is C29H34BrN3O4S. The predicted octanol–water partition coefficient (Wildman–Crippen LogP) is 5.29. The summed E-state index contributed by atoms with van der Waals surface area (Å²) in [6, 6.07) is 21.6.